The molecule has 7 aliphatic rings. The van der Waals surface area contributed by atoms with Gasteiger partial charge in [0, 0.05) is 23.9 Å². The third-order valence-electron chi connectivity index (χ3n) is 18.7. The zero-order chi connectivity index (χ0) is 51.1. The number of ketones is 1. The summed E-state index contributed by atoms with van der Waals surface area (Å²) < 4.78 is 35.4. The second-order valence-corrected chi connectivity index (χ2v) is 23.5. The second-order valence-electron chi connectivity index (χ2n) is 23.5. The standard InChI is InChI=1S/C49H82O20/c1-44(2)22-9-11-28-46(5)16-13-27(47(46,6)19-29(52)49(28,8)23(22)10-12-30(44)68-42-39(60)35(56)32(53)24(65-42)15-18-50)48(7,63)17-14-31(45(3,4)62)69-43-40(61)37(58)34(55)26(67-43)21-64-41-38(59)36(57)33(54)25(20-51)66-41/h9,23-28,30-43,50-51,53-63H,10-21H2,1-8H3/t23-,24-,25-,26-,27+,28+,30+,31-,32-,33-,34-,35+,36+,37+,38-,39-,40-,41-,42+,43+,46+,47-,48+,49+/m1/s1. The molecule has 24 atom stereocenters. The van der Waals surface area contributed by atoms with Crippen LogP contribution in [-0.4, -0.2) is 208 Å². The number of hydrogen-bond acceptors (Lipinski definition) is 20. The summed E-state index contributed by atoms with van der Waals surface area (Å²) in [5, 5.41) is 138. The Morgan fingerprint density at radius 1 is 0.710 bits per heavy atom. The lowest BCUT2D eigenvalue weighted by molar-refractivity contribution is -0.341. The maximum atomic E-state index is 15.1. The van der Waals surface area contributed by atoms with Crippen molar-refractivity contribution in [3.05, 3.63) is 11.6 Å². The van der Waals surface area contributed by atoms with Crippen molar-refractivity contribution < 1.29 is 99.6 Å². The molecular weight excluding hydrogens is 909 g/mol. The van der Waals surface area contributed by atoms with Crippen molar-refractivity contribution in [1.82, 2.24) is 0 Å². The SMILES string of the molecule is CC(C)(O)[C@@H](CC[C@](C)(O)[C@H]1CC[C@@]2(C)[C@@H]3CC=C4[C@@H](CC[C@H](O[C@@H]5O[C@H](CCO)[C@@H](O)[C@H](O)[C@H]5O)C4(C)C)[C@]3(C)C(=O)C[C@]12C)O[C@@H]1O[C@H](CO[C@@H]2O[C@H](CO)[C@@H](O)[C@H](O)[C@H]2O)[C@@H](O)[C@H](O)[C@H]1O. The Bertz CT molecular complexity index is 1820. The van der Waals surface area contributed by atoms with E-state index in [1.165, 1.54) is 13.8 Å². The number of ether oxygens (including phenoxy) is 6. The van der Waals surface area contributed by atoms with Crippen LogP contribution < -0.4 is 0 Å². The molecule has 13 N–H and O–H groups in total. The summed E-state index contributed by atoms with van der Waals surface area (Å²) in [6.45, 7) is 13.8. The molecule has 7 rings (SSSR count). The fraction of sp³-hybridized carbons (Fsp3) is 0.939. The van der Waals surface area contributed by atoms with Gasteiger partial charge < -0.3 is 94.8 Å². The number of carbonyl (C=O) groups is 1. The van der Waals surface area contributed by atoms with Crippen LogP contribution in [0.2, 0.25) is 0 Å². The van der Waals surface area contributed by atoms with Gasteiger partial charge in [0.1, 0.15) is 72.9 Å². The number of carbonyl (C=O) groups excluding carboxylic acids is 1. The Kier molecular flexibility index (Phi) is 16.1. The molecule has 0 radical (unpaired) electrons. The van der Waals surface area contributed by atoms with Gasteiger partial charge in [0.15, 0.2) is 18.9 Å². The number of hydrogen-bond donors (Lipinski definition) is 13. The Hall–Kier alpha value is -1.35. The number of Topliss-reactive ketones (excluding diaryl/α,β-unsaturated/α-hetero) is 1. The Morgan fingerprint density at radius 3 is 1.88 bits per heavy atom. The molecule has 0 aromatic heterocycles. The van der Waals surface area contributed by atoms with Crippen LogP contribution in [0.25, 0.3) is 0 Å². The fourth-order valence-corrected chi connectivity index (χ4v) is 14.1. The number of aliphatic hydroxyl groups is 13. The van der Waals surface area contributed by atoms with Gasteiger partial charge in [-0.05, 0) is 101 Å². The van der Waals surface area contributed by atoms with E-state index < -0.39 is 145 Å². The zero-order valence-electron chi connectivity index (χ0n) is 41.3. The lowest BCUT2D eigenvalue weighted by atomic mass is 9.38. The van der Waals surface area contributed by atoms with Crippen molar-refractivity contribution in [2.45, 2.75) is 229 Å². The van der Waals surface area contributed by atoms with Gasteiger partial charge in [0.25, 0.3) is 0 Å². The molecule has 0 spiro atoms. The summed E-state index contributed by atoms with van der Waals surface area (Å²) >= 11 is 0. The van der Waals surface area contributed by atoms with Crippen molar-refractivity contribution in [2.75, 3.05) is 19.8 Å². The van der Waals surface area contributed by atoms with E-state index in [0.29, 0.717) is 25.7 Å². The lowest BCUT2D eigenvalue weighted by Crippen LogP contribution is -2.64. The maximum absolute atomic E-state index is 15.1. The van der Waals surface area contributed by atoms with E-state index >= 15 is 4.79 Å². The van der Waals surface area contributed by atoms with Gasteiger partial charge in [-0.15, -0.1) is 0 Å². The summed E-state index contributed by atoms with van der Waals surface area (Å²) in [6, 6.07) is 0. The van der Waals surface area contributed by atoms with Crippen molar-refractivity contribution in [3.8, 4) is 0 Å². The first kappa shape index (κ1) is 55.4. The number of aliphatic hydroxyl groups excluding tert-OH is 11. The summed E-state index contributed by atoms with van der Waals surface area (Å²) in [5.74, 6) is -0.384. The largest absolute Gasteiger partial charge is 0.396 e. The molecule has 0 bridgehead atoms. The lowest BCUT2D eigenvalue weighted by Gasteiger charge is -2.65. The average Bonchev–Trinajstić information content (AvgIpc) is 3.56. The van der Waals surface area contributed by atoms with Gasteiger partial charge >= 0.3 is 0 Å². The van der Waals surface area contributed by atoms with E-state index in [1.54, 1.807) is 6.92 Å². The van der Waals surface area contributed by atoms with Gasteiger partial charge in [-0.2, -0.15) is 0 Å². The third-order valence-corrected chi connectivity index (χ3v) is 18.7. The minimum Gasteiger partial charge on any atom is -0.396 e. The number of fused-ring (bicyclic) bond motifs is 5. The maximum Gasteiger partial charge on any atom is 0.187 e. The monoisotopic (exact) mass is 991 g/mol. The van der Waals surface area contributed by atoms with Gasteiger partial charge in [0.2, 0.25) is 0 Å². The summed E-state index contributed by atoms with van der Waals surface area (Å²) in [4.78, 5) is 15.1. The van der Waals surface area contributed by atoms with Crippen LogP contribution in [0.1, 0.15) is 113 Å². The first-order chi connectivity index (χ1) is 32.0. The topological polar surface area (TPSA) is 335 Å². The van der Waals surface area contributed by atoms with Gasteiger partial charge in [0.05, 0.1) is 42.7 Å². The predicted octanol–water partition coefficient (Wildman–Crippen LogP) is -1.34. The van der Waals surface area contributed by atoms with Crippen molar-refractivity contribution in [1.29, 1.82) is 0 Å². The Balaban J connectivity index is 1.03. The van der Waals surface area contributed by atoms with Crippen LogP contribution in [0.15, 0.2) is 11.6 Å². The van der Waals surface area contributed by atoms with Crippen LogP contribution in [0.5, 0.6) is 0 Å². The van der Waals surface area contributed by atoms with Crippen LogP contribution in [-0.2, 0) is 33.2 Å². The molecule has 3 saturated carbocycles. The van der Waals surface area contributed by atoms with E-state index in [1.807, 2.05) is 0 Å². The summed E-state index contributed by atoms with van der Waals surface area (Å²) in [5.41, 5.74) is -4.21. The molecule has 20 nitrogen and oxygen atoms in total. The molecule has 20 heteroatoms. The van der Waals surface area contributed by atoms with Crippen LogP contribution in [0.4, 0.5) is 0 Å². The van der Waals surface area contributed by atoms with E-state index in [-0.39, 0.29) is 61.2 Å². The highest BCUT2D eigenvalue weighted by molar-refractivity contribution is 5.88. The molecule has 3 heterocycles. The van der Waals surface area contributed by atoms with Crippen LogP contribution in [0.3, 0.4) is 0 Å². The predicted molar refractivity (Wildman–Crippen MR) is 240 cm³/mol. The number of allylic oxidation sites excluding steroid dienone is 1. The molecule has 3 saturated heterocycles. The van der Waals surface area contributed by atoms with E-state index in [0.717, 1.165) is 12.0 Å². The highest BCUT2D eigenvalue weighted by Crippen LogP contribution is 2.74. The quantitative estimate of drug-likeness (QED) is 0.0845. The molecule has 4 aliphatic carbocycles. The second kappa shape index (κ2) is 20.1. The van der Waals surface area contributed by atoms with Crippen LogP contribution >= 0.6 is 0 Å². The van der Waals surface area contributed by atoms with Crippen molar-refractivity contribution in [2.24, 2.45) is 39.4 Å². The molecule has 398 valence electrons. The summed E-state index contributed by atoms with van der Waals surface area (Å²) in [7, 11) is 0. The third kappa shape index (κ3) is 9.57. The molecule has 0 amide bonds. The smallest absolute Gasteiger partial charge is 0.187 e. The Labute approximate surface area is 404 Å². The van der Waals surface area contributed by atoms with Crippen molar-refractivity contribution in [3.63, 3.8) is 0 Å². The molecular formula is C49H82O20. The van der Waals surface area contributed by atoms with Crippen LogP contribution in [0, 0.1) is 39.4 Å². The van der Waals surface area contributed by atoms with E-state index in [2.05, 4.69) is 40.7 Å². The van der Waals surface area contributed by atoms with E-state index in [9.17, 15) is 66.4 Å². The zero-order valence-corrected chi connectivity index (χ0v) is 41.3. The minimum absolute atomic E-state index is 0.0448. The van der Waals surface area contributed by atoms with Gasteiger partial charge in [-0.1, -0.05) is 46.3 Å². The molecule has 69 heavy (non-hydrogen) atoms. The van der Waals surface area contributed by atoms with Gasteiger partial charge in [-0.3, -0.25) is 4.79 Å². The molecule has 3 aliphatic heterocycles. The summed E-state index contributed by atoms with van der Waals surface area (Å²) in [6.07, 6.45) is -18.6. The van der Waals surface area contributed by atoms with Crippen molar-refractivity contribution >= 4 is 5.78 Å². The highest BCUT2D eigenvalue weighted by atomic mass is 16.7. The molecule has 0 aromatic rings. The highest BCUT2D eigenvalue weighted by Gasteiger charge is 2.72. The molecule has 0 aromatic carbocycles. The normalized spacial score (nSPS) is 49.3. The molecule has 0 unspecified atom stereocenters. The Morgan fingerprint density at radius 2 is 1.28 bits per heavy atom. The van der Waals surface area contributed by atoms with E-state index in [4.69, 9.17) is 28.4 Å². The average molecular weight is 991 g/mol. The molecule has 6 fully saturated rings. The van der Waals surface area contributed by atoms with Gasteiger partial charge in [-0.25, -0.2) is 0 Å². The first-order valence-electron chi connectivity index (χ1n) is 24.9. The number of rotatable bonds is 15. The minimum atomic E-state index is -1.81. The first-order valence-corrected chi connectivity index (χ1v) is 24.9. The fourth-order valence-electron chi connectivity index (χ4n) is 14.1.